The van der Waals surface area contributed by atoms with Gasteiger partial charge in [0.25, 0.3) is 5.91 Å². The number of aryl methyl sites for hydroxylation is 1. The Balaban J connectivity index is 1.66. The van der Waals surface area contributed by atoms with Gasteiger partial charge < -0.3 is 18.7 Å². The summed E-state index contributed by atoms with van der Waals surface area (Å²) in [5, 5.41) is 11.9. The average molecular weight is 464 g/mol. The number of halogens is 1. The van der Waals surface area contributed by atoms with E-state index in [0.717, 1.165) is 5.56 Å². The van der Waals surface area contributed by atoms with Crippen molar-refractivity contribution in [3.63, 3.8) is 0 Å². The Kier molecular flexibility index (Phi) is 4.98. The number of benzene rings is 2. The molecular formula is C25H18ClNO6. The molecule has 0 bridgehead atoms. The number of carbonyl (C=O) groups excluding carboxylic acids is 2. The highest BCUT2D eigenvalue weighted by Crippen LogP contribution is 2.44. The van der Waals surface area contributed by atoms with Crippen LogP contribution < -0.4 is 9.64 Å². The number of fused-ring (bicyclic) bond motifs is 1. The van der Waals surface area contributed by atoms with Gasteiger partial charge in [0.15, 0.2) is 22.9 Å². The molecule has 1 N–H and O–H groups in total. The van der Waals surface area contributed by atoms with E-state index >= 15 is 0 Å². The summed E-state index contributed by atoms with van der Waals surface area (Å²) < 4.78 is 16.7. The number of ketones is 1. The van der Waals surface area contributed by atoms with Gasteiger partial charge in [0.1, 0.15) is 11.8 Å². The number of anilines is 1. The number of aliphatic hydroxyl groups is 1. The van der Waals surface area contributed by atoms with Crippen LogP contribution >= 0.6 is 11.6 Å². The molecule has 1 unspecified atom stereocenters. The Bertz CT molecular complexity index is 1430. The van der Waals surface area contributed by atoms with Gasteiger partial charge in [0, 0.05) is 16.1 Å². The molecule has 7 nitrogen and oxygen atoms in total. The number of para-hydroxylation sites is 1. The molecule has 0 saturated heterocycles. The summed E-state index contributed by atoms with van der Waals surface area (Å²) in [6.07, 6.45) is 1.44. The van der Waals surface area contributed by atoms with Gasteiger partial charge in [0.2, 0.25) is 5.78 Å². The van der Waals surface area contributed by atoms with E-state index in [2.05, 4.69) is 0 Å². The second-order valence-corrected chi connectivity index (χ2v) is 8.04. The zero-order valence-corrected chi connectivity index (χ0v) is 18.4. The Morgan fingerprint density at radius 2 is 1.97 bits per heavy atom. The highest BCUT2D eigenvalue weighted by molar-refractivity contribution is 6.31. The minimum absolute atomic E-state index is 0.0370. The van der Waals surface area contributed by atoms with E-state index < -0.39 is 23.5 Å². The molecule has 0 spiro atoms. The van der Waals surface area contributed by atoms with Crippen molar-refractivity contribution in [3.05, 3.63) is 94.3 Å². The molecule has 0 fully saturated rings. The third-order valence-corrected chi connectivity index (χ3v) is 5.88. The number of Topliss-reactive ketones (excluding diaryl/α,β-unsaturated/α-hetero) is 1. The van der Waals surface area contributed by atoms with E-state index in [1.165, 1.54) is 18.3 Å². The minimum Gasteiger partial charge on any atom is -0.503 e. The SMILES string of the molecule is COc1cccc2cc(C(=O)C3=C(O)C(=O)N(c4cc(Cl)ccc4C)C3c3ccco3)oc12. The fourth-order valence-electron chi connectivity index (χ4n) is 4.09. The van der Waals surface area contributed by atoms with Crippen LogP contribution in [-0.4, -0.2) is 23.9 Å². The van der Waals surface area contributed by atoms with Gasteiger partial charge in [-0.15, -0.1) is 0 Å². The lowest BCUT2D eigenvalue weighted by Gasteiger charge is -2.26. The molecule has 0 aliphatic carbocycles. The average Bonchev–Trinajstić information content (AvgIpc) is 3.54. The number of rotatable bonds is 5. The quantitative estimate of drug-likeness (QED) is 0.377. The summed E-state index contributed by atoms with van der Waals surface area (Å²) in [5.41, 5.74) is 1.44. The summed E-state index contributed by atoms with van der Waals surface area (Å²) in [5.74, 6) is -1.31. The number of amides is 1. The highest BCUT2D eigenvalue weighted by Gasteiger charge is 2.47. The summed E-state index contributed by atoms with van der Waals surface area (Å²) in [6, 6.07) is 14.2. The molecule has 0 saturated carbocycles. The van der Waals surface area contributed by atoms with Crippen molar-refractivity contribution in [1.82, 2.24) is 0 Å². The van der Waals surface area contributed by atoms with E-state index in [0.29, 0.717) is 33.2 Å². The normalized spacial score (nSPS) is 16.2. The van der Waals surface area contributed by atoms with E-state index in [1.807, 2.05) is 0 Å². The van der Waals surface area contributed by atoms with E-state index in [1.54, 1.807) is 61.5 Å². The maximum Gasteiger partial charge on any atom is 0.294 e. The first-order valence-corrected chi connectivity index (χ1v) is 10.5. The van der Waals surface area contributed by atoms with Crippen LogP contribution in [0.3, 0.4) is 0 Å². The Morgan fingerprint density at radius 1 is 1.15 bits per heavy atom. The molecule has 1 aliphatic rings. The van der Waals surface area contributed by atoms with E-state index in [4.69, 9.17) is 25.2 Å². The third kappa shape index (κ3) is 3.29. The van der Waals surface area contributed by atoms with Crippen LogP contribution in [0, 0.1) is 6.92 Å². The number of aliphatic hydroxyl groups excluding tert-OH is 1. The second-order valence-electron chi connectivity index (χ2n) is 7.60. The molecule has 1 aliphatic heterocycles. The highest BCUT2D eigenvalue weighted by atomic mass is 35.5. The number of carbonyl (C=O) groups is 2. The first-order chi connectivity index (χ1) is 15.9. The molecule has 2 aromatic carbocycles. The topological polar surface area (TPSA) is 93.1 Å². The van der Waals surface area contributed by atoms with Crippen LogP contribution in [0.5, 0.6) is 5.75 Å². The van der Waals surface area contributed by atoms with Crippen LogP contribution in [0.2, 0.25) is 5.02 Å². The number of ether oxygens (including phenoxy) is 1. The van der Waals surface area contributed by atoms with Gasteiger partial charge in [-0.3, -0.25) is 14.5 Å². The number of hydrogen-bond acceptors (Lipinski definition) is 6. The summed E-state index contributed by atoms with van der Waals surface area (Å²) in [6.45, 7) is 1.81. The Labute approximate surface area is 193 Å². The van der Waals surface area contributed by atoms with E-state index in [-0.39, 0.29) is 11.3 Å². The molecular weight excluding hydrogens is 446 g/mol. The Hall–Kier alpha value is -3.97. The molecule has 2 aromatic heterocycles. The maximum atomic E-state index is 13.6. The summed E-state index contributed by atoms with van der Waals surface area (Å²) >= 11 is 6.19. The summed E-state index contributed by atoms with van der Waals surface area (Å²) in [4.78, 5) is 28.1. The second kappa shape index (κ2) is 7.86. The first kappa shape index (κ1) is 20.9. The van der Waals surface area contributed by atoms with Gasteiger partial charge in [-0.25, -0.2) is 0 Å². The predicted octanol–water partition coefficient (Wildman–Crippen LogP) is 5.78. The molecule has 8 heteroatoms. The van der Waals surface area contributed by atoms with Gasteiger partial charge in [-0.1, -0.05) is 29.8 Å². The van der Waals surface area contributed by atoms with Crippen molar-refractivity contribution in [3.8, 4) is 5.75 Å². The zero-order chi connectivity index (χ0) is 23.3. The standard InChI is InChI=1S/C25H18ClNO6/c1-13-8-9-15(26)12-16(13)27-21(17-7-4-10-32-17)20(23(29)25(27)30)22(28)19-11-14-5-3-6-18(31-2)24(14)33-19/h3-12,21,29H,1-2H3. The smallest absolute Gasteiger partial charge is 0.294 e. The Morgan fingerprint density at radius 3 is 2.70 bits per heavy atom. The number of nitrogens with zero attached hydrogens (tertiary/aromatic N) is 1. The van der Waals surface area contributed by atoms with E-state index in [9.17, 15) is 14.7 Å². The third-order valence-electron chi connectivity index (χ3n) is 5.65. The zero-order valence-electron chi connectivity index (χ0n) is 17.7. The minimum atomic E-state index is -1.01. The molecule has 0 radical (unpaired) electrons. The molecule has 1 amide bonds. The first-order valence-electron chi connectivity index (χ1n) is 10.1. The molecule has 33 heavy (non-hydrogen) atoms. The fourth-order valence-corrected chi connectivity index (χ4v) is 4.25. The van der Waals surface area contributed by atoms with Crippen molar-refractivity contribution < 1.29 is 28.3 Å². The van der Waals surface area contributed by atoms with Crippen molar-refractivity contribution >= 4 is 39.9 Å². The van der Waals surface area contributed by atoms with Crippen LogP contribution in [0.25, 0.3) is 11.0 Å². The largest absolute Gasteiger partial charge is 0.503 e. The fraction of sp³-hybridized carbons (Fsp3) is 0.120. The molecule has 5 rings (SSSR count). The lowest BCUT2D eigenvalue weighted by atomic mass is 9.99. The predicted molar refractivity (Wildman–Crippen MR) is 122 cm³/mol. The summed E-state index contributed by atoms with van der Waals surface area (Å²) in [7, 11) is 1.50. The molecule has 3 heterocycles. The van der Waals surface area contributed by atoms with Crippen molar-refractivity contribution in [2.75, 3.05) is 12.0 Å². The van der Waals surface area contributed by atoms with Gasteiger partial charge >= 0.3 is 0 Å². The van der Waals surface area contributed by atoms with Crippen LogP contribution in [0.1, 0.15) is 27.9 Å². The molecule has 166 valence electrons. The van der Waals surface area contributed by atoms with Crippen LogP contribution in [0.15, 0.2) is 81.0 Å². The lowest BCUT2D eigenvalue weighted by molar-refractivity contribution is -0.117. The maximum absolute atomic E-state index is 13.6. The van der Waals surface area contributed by atoms with Crippen LogP contribution in [-0.2, 0) is 4.79 Å². The van der Waals surface area contributed by atoms with Crippen molar-refractivity contribution in [2.24, 2.45) is 0 Å². The van der Waals surface area contributed by atoms with Gasteiger partial charge in [-0.2, -0.15) is 0 Å². The van der Waals surface area contributed by atoms with Crippen molar-refractivity contribution in [2.45, 2.75) is 13.0 Å². The van der Waals surface area contributed by atoms with Crippen molar-refractivity contribution in [1.29, 1.82) is 0 Å². The monoisotopic (exact) mass is 463 g/mol. The van der Waals surface area contributed by atoms with Crippen LogP contribution in [0.4, 0.5) is 5.69 Å². The number of methoxy groups -OCH3 is 1. The molecule has 1 atom stereocenters. The van der Waals surface area contributed by atoms with Gasteiger partial charge in [0.05, 0.1) is 18.9 Å². The number of hydrogen-bond donors (Lipinski definition) is 1. The lowest BCUT2D eigenvalue weighted by Crippen LogP contribution is -2.31. The molecule has 4 aromatic rings. The number of furan rings is 2. The van der Waals surface area contributed by atoms with Gasteiger partial charge in [-0.05, 0) is 48.9 Å².